The van der Waals surface area contributed by atoms with Crippen LogP contribution in [0.15, 0.2) is 79.0 Å². The molecule has 2 fully saturated rings. The van der Waals surface area contributed by atoms with Crippen LogP contribution in [0.25, 0.3) is 16.9 Å². The largest absolute Gasteiger partial charge is 0.470 e. The third-order valence-corrected chi connectivity index (χ3v) is 9.37. The number of anilines is 2. The highest BCUT2D eigenvalue weighted by Gasteiger charge is 2.53. The van der Waals surface area contributed by atoms with Crippen molar-refractivity contribution in [2.45, 2.75) is 38.2 Å². The molecule has 41 heavy (non-hydrogen) atoms. The Hall–Kier alpha value is -4.45. The van der Waals surface area contributed by atoms with E-state index < -0.39 is 5.60 Å². The van der Waals surface area contributed by atoms with Crippen LogP contribution >= 0.6 is 0 Å². The minimum absolute atomic E-state index is 0.839. The smallest absolute Gasteiger partial charge is 0.209 e. The van der Waals surface area contributed by atoms with Gasteiger partial charge >= 0.3 is 0 Å². The van der Waals surface area contributed by atoms with Gasteiger partial charge < -0.3 is 19.3 Å². The summed E-state index contributed by atoms with van der Waals surface area (Å²) in [5, 5.41) is 0. The molecule has 6 heteroatoms. The molecule has 0 N–H and O–H groups in total. The van der Waals surface area contributed by atoms with Gasteiger partial charge in [0.1, 0.15) is 34.3 Å². The standard InChI is InChI=1S/C35H32N4O2/c1-23-9-13-29-26(20-23)33-34(39-19-3-2-8-32(39)36-33)35(41-29)27-12-10-25(38-17-6-7-18-38)22-31(27)40-30-14-11-24(21-28(30)35)37-15-4-5-16-37/h2-3,8-14,19-22H,4-7,15-18H2,1H3. The van der Waals surface area contributed by atoms with Crippen LogP contribution in [0.3, 0.4) is 0 Å². The molecule has 2 saturated heterocycles. The first-order valence-corrected chi connectivity index (χ1v) is 14.9. The molecule has 1 atom stereocenters. The lowest BCUT2D eigenvalue weighted by Gasteiger charge is -2.43. The zero-order valence-electron chi connectivity index (χ0n) is 23.3. The molecule has 0 aliphatic carbocycles. The summed E-state index contributed by atoms with van der Waals surface area (Å²) in [6.45, 7) is 6.45. The van der Waals surface area contributed by atoms with Gasteiger partial charge in [-0.05, 0) is 87.2 Å². The molecule has 1 spiro atoms. The van der Waals surface area contributed by atoms with E-state index in [9.17, 15) is 0 Å². The van der Waals surface area contributed by atoms with Gasteiger partial charge in [0, 0.05) is 60.9 Å². The van der Waals surface area contributed by atoms with Crippen LogP contribution in [0.2, 0.25) is 0 Å². The van der Waals surface area contributed by atoms with Crippen molar-refractivity contribution in [2.24, 2.45) is 0 Å². The van der Waals surface area contributed by atoms with Crippen LogP contribution in [0.5, 0.6) is 17.2 Å². The van der Waals surface area contributed by atoms with Crippen LogP contribution in [0.4, 0.5) is 11.4 Å². The van der Waals surface area contributed by atoms with Crippen molar-refractivity contribution in [3.05, 3.63) is 101 Å². The third-order valence-electron chi connectivity index (χ3n) is 9.37. The normalized spacial score (nSPS) is 20.4. The fourth-order valence-electron chi connectivity index (χ4n) is 7.39. The number of ether oxygens (including phenoxy) is 2. The van der Waals surface area contributed by atoms with E-state index >= 15 is 0 Å². The first-order chi connectivity index (χ1) is 20.2. The van der Waals surface area contributed by atoms with Gasteiger partial charge in [0.05, 0.1) is 5.56 Å². The molecule has 6 nitrogen and oxygen atoms in total. The number of imidazole rings is 1. The molecule has 0 bridgehead atoms. The van der Waals surface area contributed by atoms with Gasteiger partial charge in [0.25, 0.3) is 0 Å². The van der Waals surface area contributed by atoms with E-state index in [1.807, 2.05) is 0 Å². The predicted octanol–water partition coefficient (Wildman–Crippen LogP) is 7.30. The minimum Gasteiger partial charge on any atom is -0.470 e. The molecule has 4 aliphatic heterocycles. The second kappa shape index (κ2) is 8.53. The summed E-state index contributed by atoms with van der Waals surface area (Å²) >= 11 is 0. The van der Waals surface area contributed by atoms with Crippen molar-refractivity contribution in [3.8, 4) is 28.5 Å². The molecule has 5 aromatic rings. The van der Waals surface area contributed by atoms with E-state index in [1.54, 1.807) is 0 Å². The lowest BCUT2D eigenvalue weighted by Crippen LogP contribution is -2.42. The average molecular weight is 541 g/mol. The van der Waals surface area contributed by atoms with Crippen molar-refractivity contribution < 1.29 is 9.47 Å². The van der Waals surface area contributed by atoms with Gasteiger partial charge in [0.2, 0.25) is 5.60 Å². The summed E-state index contributed by atoms with van der Waals surface area (Å²) < 4.78 is 16.4. The fraction of sp³-hybridized carbons (Fsp3) is 0.286. The maximum Gasteiger partial charge on any atom is 0.209 e. The number of aryl methyl sites for hydroxylation is 1. The van der Waals surface area contributed by atoms with Crippen molar-refractivity contribution in [1.82, 2.24) is 9.38 Å². The quantitative estimate of drug-likeness (QED) is 0.235. The summed E-state index contributed by atoms with van der Waals surface area (Å²) in [7, 11) is 0. The zero-order valence-corrected chi connectivity index (χ0v) is 23.3. The molecule has 1 unspecified atom stereocenters. The highest BCUT2D eigenvalue weighted by molar-refractivity contribution is 5.81. The Morgan fingerprint density at radius 2 is 1.44 bits per heavy atom. The van der Waals surface area contributed by atoms with Gasteiger partial charge in [-0.1, -0.05) is 17.7 Å². The van der Waals surface area contributed by atoms with Gasteiger partial charge in [-0.3, -0.25) is 4.40 Å². The molecule has 0 saturated carbocycles. The monoisotopic (exact) mass is 540 g/mol. The predicted molar refractivity (Wildman–Crippen MR) is 162 cm³/mol. The molecule has 3 aromatic carbocycles. The molecule has 0 amide bonds. The molecule has 2 aromatic heterocycles. The number of hydrogen-bond donors (Lipinski definition) is 0. The highest BCUT2D eigenvalue weighted by atomic mass is 16.5. The van der Waals surface area contributed by atoms with E-state index in [0.717, 1.165) is 77.2 Å². The third kappa shape index (κ3) is 3.27. The highest BCUT2D eigenvalue weighted by Crippen LogP contribution is 2.59. The number of fused-ring (bicyclic) bond motifs is 10. The van der Waals surface area contributed by atoms with Gasteiger partial charge in [-0.2, -0.15) is 0 Å². The van der Waals surface area contributed by atoms with Crippen LogP contribution in [-0.4, -0.2) is 35.6 Å². The van der Waals surface area contributed by atoms with E-state index in [2.05, 4.69) is 100 Å². The molecule has 6 heterocycles. The number of pyridine rings is 1. The Kier molecular flexibility index (Phi) is 4.84. The molecule has 4 aliphatic rings. The van der Waals surface area contributed by atoms with E-state index in [1.165, 1.54) is 42.6 Å². The number of aromatic nitrogens is 2. The number of rotatable bonds is 2. The van der Waals surface area contributed by atoms with Crippen LogP contribution < -0.4 is 19.3 Å². The summed E-state index contributed by atoms with van der Waals surface area (Å²) in [5.74, 6) is 2.54. The summed E-state index contributed by atoms with van der Waals surface area (Å²) in [5.41, 5.74) is 8.67. The van der Waals surface area contributed by atoms with Crippen LogP contribution in [-0.2, 0) is 5.60 Å². The number of benzene rings is 3. The minimum atomic E-state index is -0.930. The second-order valence-electron chi connectivity index (χ2n) is 11.9. The Labute approximate surface area is 239 Å². The first kappa shape index (κ1) is 23.3. The van der Waals surface area contributed by atoms with E-state index in [4.69, 9.17) is 14.5 Å². The lowest BCUT2D eigenvalue weighted by molar-refractivity contribution is 0.132. The van der Waals surface area contributed by atoms with E-state index in [0.29, 0.717) is 0 Å². The van der Waals surface area contributed by atoms with Gasteiger partial charge in [-0.25, -0.2) is 4.98 Å². The zero-order chi connectivity index (χ0) is 27.1. The van der Waals surface area contributed by atoms with Crippen LogP contribution in [0, 0.1) is 6.92 Å². The Morgan fingerprint density at radius 3 is 2.24 bits per heavy atom. The lowest BCUT2D eigenvalue weighted by atomic mass is 9.77. The maximum absolute atomic E-state index is 7.37. The summed E-state index contributed by atoms with van der Waals surface area (Å²) in [6.07, 6.45) is 7.02. The van der Waals surface area contributed by atoms with Gasteiger partial charge in [0.15, 0.2) is 0 Å². The maximum atomic E-state index is 7.37. The van der Waals surface area contributed by atoms with Crippen LogP contribution in [0.1, 0.15) is 48.1 Å². The second-order valence-corrected chi connectivity index (χ2v) is 11.9. The van der Waals surface area contributed by atoms with Crippen molar-refractivity contribution in [3.63, 3.8) is 0 Å². The molecule has 9 rings (SSSR count). The Morgan fingerprint density at radius 1 is 0.707 bits per heavy atom. The Bertz CT molecular complexity index is 1850. The number of nitrogens with zero attached hydrogens (tertiary/aromatic N) is 4. The average Bonchev–Trinajstić information content (AvgIpc) is 3.79. The summed E-state index contributed by atoms with van der Waals surface area (Å²) in [6, 6.07) is 26.0. The molecule has 204 valence electrons. The fourth-order valence-corrected chi connectivity index (χ4v) is 7.39. The summed E-state index contributed by atoms with van der Waals surface area (Å²) in [4.78, 5) is 10.2. The first-order valence-electron chi connectivity index (χ1n) is 14.9. The van der Waals surface area contributed by atoms with Crippen molar-refractivity contribution in [1.29, 1.82) is 0 Å². The van der Waals surface area contributed by atoms with Gasteiger partial charge in [-0.15, -0.1) is 0 Å². The molecule has 0 radical (unpaired) electrons. The topological polar surface area (TPSA) is 42.2 Å². The SMILES string of the molecule is Cc1ccc2c(c1)-c1nc3ccccn3c1C1(O2)c2ccc(N3CCCC3)cc2Oc2ccc(N3CCCC3)cc21. The molecular formula is C35H32N4O2. The van der Waals surface area contributed by atoms with Crippen molar-refractivity contribution >= 4 is 17.0 Å². The Balaban J connectivity index is 1.37. The van der Waals surface area contributed by atoms with E-state index in [-0.39, 0.29) is 0 Å². The molecular weight excluding hydrogens is 508 g/mol. The van der Waals surface area contributed by atoms with Crippen molar-refractivity contribution in [2.75, 3.05) is 36.0 Å². The number of hydrogen-bond acceptors (Lipinski definition) is 5.